The van der Waals surface area contributed by atoms with Gasteiger partial charge in [-0.15, -0.1) is 0 Å². The summed E-state index contributed by atoms with van der Waals surface area (Å²) in [6.07, 6.45) is -1.28. The van der Waals surface area contributed by atoms with E-state index in [9.17, 15) is 21.8 Å². The smallest absolute Gasteiger partial charge is 0.313 e. The zero-order valence-electron chi connectivity index (χ0n) is 12.9. The molecule has 0 saturated heterocycles. The molecule has 0 unspecified atom stereocenters. The number of hydrogen-bond acceptors (Lipinski definition) is 6. The Balaban J connectivity index is 2.05. The third kappa shape index (κ3) is 3.39. The van der Waals surface area contributed by atoms with Crippen molar-refractivity contribution in [2.45, 2.75) is 11.4 Å². The fraction of sp³-hybridized carbons (Fsp3) is 0.0667. The molecule has 0 aliphatic heterocycles. The highest BCUT2D eigenvalue weighted by atomic mass is 35.5. The molecule has 4 N–H and O–H groups in total. The van der Waals surface area contributed by atoms with Gasteiger partial charge in [-0.3, -0.25) is 4.55 Å². The van der Waals surface area contributed by atoms with Crippen molar-refractivity contribution in [3.05, 3.63) is 52.9 Å². The zero-order valence-corrected chi connectivity index (χ0v) is 14.4. The SMILES string of the molecule is Nc1ccc2c(CNc3nc(F)nc(F)c3Cl)cccc2c1S(=O)(=O)O. The number of anilines is 2. The Labute approximate surface area is 151 Å². The highest BCUT2D eigenvalue weighted by Gasteiger charge is 2.19. The molecule has 136 valence electrons. The van der Waals surface area contributed by atoms with Gasteiger partial charge in [-0.2, -0.15) is 27.2 Å². The standard InChI is InChI=1S/C15H11ClF2N4O3S/c16-11-13(17)21-15(18)22-14(11)20-6-7-2-1-3-9-8(7)4-5-10(19)12(9)26(23,24)25/h1-5H,6,19H2,(H,20,21,22)(H,23,24,25). The maximum absolute atomic E-state index is 13.4. The van der Waals surface area contributed by atoms with Crippen molar-refractivity contribution >= 4 is 44.0 Å². The van der Waals surface area contributed by atoms with E-state index in [1.807, 2.05) is 0 Å². The van der Waals surface area contributed by atoms with Crippen molar-refractivity contribution in [2.24, 2.45) is 0 Å². The van der Waals surface area contributed by atoms with Crippen LogP contribution >= 0.6 is 11.6 Å². The second-order valence-corrected chi connectivity index (χ2v) is 7.01. The molecule has 26 heavy (non-hydrogen) atoms. The number of nitrogens with two attached hydrogens (primary N) is 1. The van der Waals surface area contributed by atoms with E-state index in [1.165, 1.54) is 12.1 Å². The average Bonchev–Trinajstić information content (AvgIpc) is 2.55. The summed E-state index contributed by atoms with van der Waals surface area (Å²) in [7, 11) is -4.55. The molecule has 0 fully saturated rings. The summed E-state index contributed by atoms with van der Waals surface area (Å²) in [6.45, 7) is 0.0157. The molecule has 0 bridgehead atoms. The van der Waals surface area contributed by atoms with Gasteiger partial charge in [0.05, 0.1) is 5.69 Å². The second-order valence-electron chi connectivity index (χ2n) is 5.27. The molecule has 0 atom stereocenters. The van der Waals surface area contributed by atoms with Crippen LogP contribution < -0.4 is 11.1 Å². The molecule has 3 rings (SSSR count). The van der Waals surface area contributed by atoms with Crippen LogP contribution in [0.25, 0.3) is 10.8 Å². The van der Waals surface area contributed by atoms with Gasteiger partial charge in [0.1, 0.15) is 9.92 Å². The Morgan fingerprint density at radius 2 is 1.88 bits per heavy atom. The Morgan fingerprint density at radius 3 is 2.58 bits per heavy atom. The number of nitrogen functional groups attached to an aromatic ring is 1. The van der Waals surface area contributed by atoms with Gasteiger partial charge in [-0.1, -0.05) is 35.9 Å². The lowest BCUT2D eigenvalue weighted by Crippen LogP contribution is -2.08. The number of rotatable bonds is 4. The summed E-state index contributed by atoms with van der Waals surface area (Å²) in [6, 6.07) is 7.59. The number of hydrogen-bond donors (Lipinski definition) is 3. The van der Waals surface area contributed by atoms with Crippen molar-refractivity contribution in [1.29, 1.82) is 0 Å². The van der Waals surface area contributed by atoms with E-state index in [4.69, 9.17) is 17.3 Å². The minimum Gasteiger partial charge on any atom is -0.398 e. The first-order valence-electron chi connectivity index (χ1n) is 7.08. The number of benzene rings is 2. The summed E-state index contributed by atoms with van der Waals surface area (Å²) in [4.78, 5) is 5.84. The van der Waals surface area contributed by atoms with E-state index in [-0.39, 0.29) is 23.4 Å². The average molecular weight is 401 g/mol. The monoisotopic (exact) mass is 400 g/mol. The molecule has 1 heterocycles. The molecule has 0 aliphatic carbocycles. The Kier molecular flexibility index (Phi) is 4.65. The van der Waals surface area contributed by atoms with E-state index in [0.717, 1.165) is 0 Å². The molecule has 1 aromatic heterocycles. The molecule has 3 aromatic rings. The van der Waals surface area contributed by atoms with E-state index in [1.54, 1.807) is 18.2 Å². The van der Waals surface area contributed by atoms with Gasteiger partial charge >= 0.3 is 6.08 Å². The van der Waals surface area contributed by atoms with Gasteiger partial charge in [0.15, 0.2) is 5.82 Å². The van der Waals surface area contributed by atoms with Crippen LogP contribution in [0.3, 0.4) is 0 Å². The fourth-order valence-corrected chi connectivity index (χ4v) is 3.52. The van der Waals surface area contributed by atoms with Gasteiger partial charge in [0.25, 0.3) is 10.1 Å². The van der Waals surface area contributed by atoms with Gasteiger partial charge in [-0.25, -0.2) is 0 Å². The summed E-state index contributed by atoms with van der Waals surface area (Å²) in [5, 5.41) is 2.86. The van der Waals surface area contributed by atoms with Crippen molar-refractivity contribution in [1.82, 2.24) is 9.97 Å². The van der Waals surface area contributed by atoms with E-state index in [2.05, 4.69) is 15.3 Å². The molecule has 0 spiro atoms. The first-order valence-corrected chi connectivity index (χ1v) is 8.90. The Hall–Kier alpha value is -2.56. The summed E-state index contributed by atoms with van der Waals surface area (Å²) in [5.74, 6) is -1.46. The van der Waals surface area contributed by atoms with Crippen LogP contribution in [0, 0.1) is 12.0 Å². The number of fused-ring (bicyclic) bond motifs is 1. The van der Waals surface area contributed by atoms with Crippen LogP contribution in [0.1, 0.15) is 5.56 Å². The van der Waals surface area contributed by atoms with Crippen LogP contribution in [0.5, 0.6) is 0 Å². The van der Waals surface area contributed by atoms with E-state index < -0.39 is 32.1 Å². The molecular weight excluding hydrogens is 390 g/mol. The normalized spacial score (nSPS) is 11.7. The highest BCUT2D eigenvalue weighted by Crippen LogP contribution is 2.31. The predicted octanol–water partition coefficient (Wildman–Crippen LogP) is 3.00. The van der Waals surface area contributed by atoms with Crippen molar-refractivity contribution < 1.29 is 21.8 Å². The third-order valence-electron chi connectivity index (χ3n) is 3.62. The lowest BCUT2D eigenvalue weighted by atomic mass is 10.0. The van der Waals surface area contributed by atoms with Crippen molar-refractivity contribution in [2.75, 3.05) is 11.1 Å². The van der Waals surface area contributed by atoms with Crippen LogP contribution in [-0.4, -0.2) is 22.9 Å². The Bertz CT molecular complexity index is 1130. The molecule has 0 aliphatic rings. The summed E-state index contributed by atoms with van der Waals surface area (Å²) >= 11 is 5.70. The lowest BCUT2D eigenvalue weighted by molar-refractivity contribution is 0.483. The number of aromatic nitrogens is 2. The Morgan fingerprint density at radius 1 is 1.15 bits per heavy atom. The maximum atomic E-state index is 13.4. The third-order valence-corrected chi connectivity index (χ3v) is 4.93. The van der Waals surface area contributed by atoms with Crippen molar-refractivity contribution in [3.63, 3.8) is 0 Å². The van der Waals surface area contributed by atoms with Gasteiger partial charge in [-0.05, 0) is 17.0 Å². The van der Waals surface area contributed by atoms with Crippen LogP contribution in [0.2, 0.25) is 5.02 Å². The van der Waals surface area contributed by atoms with Gasteiger partial charge < -0.3 is 11.1 Å². The van der Waals surface area contributed by atoms with Crippen molar-refractivity contribution in [3.8, 4) is 0 Å². The van der Waals surface area contributed by atoms with Crippen LogP contribution in [0.15, 0.2) is 35.2 Å². The largest absolute Gasteiger partial charge is 0.398 e. The zero-order chi connectivity index (χ0) is 19.1. The minimum atomic E-state index is -4.55. The van der Waals surface area contributed by atoms with E-state index >= 15 is 0 Å². The highest BCUT2D eigenvalue weighted by molar-refractivity contribution is 7.86. The summed E-state index contributed by atoms with van der Waals surface area (Å²) in [5.41, 5.74) is 6.12. The minimum absolute atomic E-state index is 0.0157. The first-order chi connectivity index (χ1) is 12.2. The molecule has 2 aromatic carbocycles. The lowest BCUT2D eigenvalue weighted by Gasteiger charge is -2.13. The second kappa shape index (κ2) is 6.63. The van der Waals surface area contributed by atoms with Crippen LogP contribution in [-0.2, 0) is 16.7 Å². The first kappa shape index (κ1) is 18.2. The topological polar surface area (TPSA) is 118 Å². The fourth-order valence-electron chi connectivity index (χ4n) is 2.54. The molecule has 0 amide bonds. The summed E-state index contributed by atoms with van der Waals surface area (Å²) < 4.78 is 59.2. The molecule has 0 saturated carbocycles. The quantitative estimate of drug-likeness (QED) is 0.266. The number of halogens is 3. The van der Waals surface area contributed by atoms with Gasteiger partial charge in [0.2, 0.25) is 5.95 Å². The maximum Gasteiger partial charge on any atom is 0.313 e. The van der Waals surface area contributed by atoms with Gasteiger partial charge in [0, 0.05) is 11.9 Å². The molecule has 0 radical (unpaired) electrons. The molecule has 11 heteroatoms. The number of nitrogens with zero attached hydrogens (tertiary/aromatic N) is 2. The number of nitrogens with one attached hydrogen (secondary N) is 1. The van der Waals surface area contributed by atoms with Crippen LogP contribution in [0.4, 0.5) is 20.3 Å². The predicted molar refractivity (Wildman–Crippen MR) is 92.5 cm³/mol. The van der Waals surface area contributed by atoms with E-state index in [0.29, 0.717) is 10.9 Å². The molecular formula is C15H11ClF2N4O3S. The molecule has 7 nitrogen and oxygen atoms in total.